The SMILES string of the molecule is COc1ccc([C@@H](C)NC(=O)c2cccc([N+](=O)[O-])c2)cc1OC. The van der Waals surface area contributed by atoms with Crippen molar-refractivity contribution in [3.05, 3.63) is 63.7 Å². The Hall–Kier alpha value is -3.09. The second kappa shape index (κ2) is 7.45. The lowest BCUT2D eigenvalue weighted by Crippen LogP contribution is -2.26. The summed E-state index contributed by atoms with van der Waals surface area (Å²) in [4.78, 5) is 22.6. The Morgan fingerprint density at radius 1 is 1.12 bits per heavy atom. The van der Waals surface area contributed by atoms with Gasteiger partial charge in [0.05, 0.1) is 25.2 Å². The van der Waals surface area contributed by atoms with E-state index in [1.165, 1.54) is 31.4 Å². The molecule has 0 heterocycles. The van der Waals surface area contributed by atoms with Crippen LogP contribution in [0.3, 0.4) is 0 Å². The summed E-state index contributed by atoms with van der Waals surface area (Å²) < 4.78 is 10.4. The van der Waals surface area contributed by atoms with E-state index < -0.39 is 4.92 Å². The molecule has 2 rings (SSSR count). The minimum atomic E-state index is -0.533. The van der Waals surface area contributed by atoms with Crippen LogP contribution >= 0.6 is 0 Å². The van der Waals surface area contributed by atoms with Gasteiger partial charge < -0.3 is 14.8 Å². The first kappa shape index (κ1) is 17.3. The fourth-order valence-corrected chi connectivity index (χ4v) is 2.25. The number of nitrogens with one attached hydrogen (secondary N) is 1. The number of non-ortho nitro benzene ring substituents is 1. The van der Waals surface area contributed by atoms with Gasteiger partial charge in [-0.1, -0.05) is 12.1 Å². The highest BCUT2D eigenvalue weighted by Gasteiger charge is 2.16. The molecule has 126 valence electrons. The van der Waals surface area contributed by atoms with Crippen LogP contribution in [0.15, 0.2) is 42.5 Å². The number of nitrogens with zero attached hydrogens (tertiary/aromatic N) is 1. The summed E-state index contributed by atoms with van der Waals surface area (Å²) in [5, 5.41) is 13.6. The van der Waals surface area contributed by atoms with Crippen LogP contribution in [-0.2, 0) is 0 Å². The zero-order valence-corrected chi connectivity index (χ0v) is 13.6. The lowest BCUT2D eigenvalue weighted by molar-refractivity contribution is -0.384. The fourth-order valence-electron chi connectivity index (χ4n) is 2.25. The lowest BCUT2D eigenvalue weighted by Gasteiger charge is -2.16. The molecule has 2 aromatic rings. The van der Waals surface area contributed by atoms with Gasteiger partial charge in [-0.3, -0.25) is 14.9 Å². The Morgan fingerprint density at radius 2 is 1.83 bits per heavy atom. The van der Waals surface area contributed by atoms with E-state index >= 15 is 0 Å². The fraction of sp³-hybridized carbons (Fsp3) is 0.235. The van der Waals surface area contributed by atoms with Gasteiger partial charge >= 0.3 is 0 Å². The van der Waals surface area contributed by atoms with E-state index in [0.717, 1.165) is 5.56 Å². The number of hydrogen-bond donors (Lipinski definition) is 1. The third kappa shape index (κ3) is 3.81. The van der Waals surface area contributed by atoms with Gasteiger partial charge in [-0.25, -0.2) is 0 Å². The molecule has 0 spiro atoms. The summed E-state index contributed by atoms with van der Waals surface area (Å²) in [6.07, 6.45) is 0. The molecule has 0 aromatic heterocycles. The predicted octanol–water partition coefficient (Wildman–Crippen LogP) is 3.10. The lowest BCUT2D eigenvalue weighted by atomic mass is 10.1. The summed E-state index contributed by atoms with van der Waals surface area (Å²) in [6, 6.07) is 10.6. The predicted molar refractivity (Wildman–Crippen MR) is 88.5 cm³/mol. The number of amides is 1. The van der Waals surface area contributed by atoms with Crippen LogP contribution < -0.4 is 14.8 Å². The molecular formula is C17H18N2O5. The van der Waals surface area contributed by atoms with Gasteiger partial charge in [0, 0.05) is 17.7 Å². The zero-order valence-electron chi connectivity index (χ0n) is 13.6. The van der Waals surface area contributed by atoms with Gasteiger partial charge in [0.25, 0.3) is 11.6 Å². The van der Waals surface area contributed by atoms with Crippen molar-refractivity contribution in [1.82, 2.24) is 5.32 Å². The first-order valence-corrected chi connectivity index (χ1v) is 7.23. The van der Waals surface area contributed by atoms with Crippen LogP contribution in [0.1, 0.15) is 28.9 Å². The van der Waals surface area contributed by atoms with Crippen LogP contribution in [0.4, 0.5) is 5.69 Å². The maximum atomic E-state index is 12.3. The molecule has 0 unspecified atom stereocenters. The molecule has 0 aliphatic heterocycles. The molecule has 7 nitrogen and oxygen atoms in total. The Morgan fingerprint density at radius 3 is 2.46 bits per heavy atom. The van der Waals surface area contributed by atoms with E-state index in [2.05, 4.69) is 5.32 Å². The number of benzene rings is 2. The first-order chi connectivity index (χ1) is 11.5. The molecule has 0 aliphatic rings. The van der Waals surface area contributed by atoms with E-state index in [0.29, 0.717) is 11.5 Å². The highest BCUT2D eigenvalue weighted by molar-refractivity contribution is 5.95. The van der Waals surface area contributed by atoms with Crippen LogP contribution in [0.2, 0.25) is 0 Å². The topological polar surface area (TPSA) is 90.7 Å². The van der Waals surface area contributed by atoms with Crippen molar-refractivity contribution in [2.45, 2.75) is 13.0 Å². The normalized spacial score (nSPS) is 11.5. The average Bonchev–Trinajstić information content (AvgIpc) is 2.60. The highest BCUT2D eigenvalue weighted by Crippen LogP contribution is 2.30. The summed E-state index contributed by atoms with van der Waals surface area (Å²) in [5.41, 5.74) is 0.935. The van der Waals surface area contributed by atoms with E-state index in [1.807, 2.05) is 13.0 Å². The second-order valence-electron chi connectivity index (χ2n) is 5.12. The minimum absolute atomic E-state index is 0.124. The van der Waals surface area contributed by atoms with E-state index in [1.54, 1.807) is 19.2 Å². The quantitative estimate of drug-likeness (QED) is 0.649. The number of carbonyl (C=O) groups excluding carboxylic acids is 1. The third-order valence-electron chi connectivity index (χ3n) is 3.57. The molecule has 1 atom stereocenters. The first-order valence-electron chi connectivity index (χ1n) is 7.23. The Labute approximate surface area is 139 Å². The summed E-state index contributed by atoms with van der Waals surface area (Å²) in [6.45, 7) is 1.82. The second-order valence-corrected chi connectivity index (χ2v) is 5.12. The number of nitro benzene ring substituents is 1. The van der Waals surface area contributed by atoms with Gasteiger partial charge in [-0.05, 0) is 30.7 Å². The van der Waals surface area contributed by atoms with Crippen LogP contribution in [-0.4, -0.2) is 25.1 Å². The molecule has 7 heteroatoms. The largest absolute Gasteiger partial charge is 0.493 e. The van der Waals surface area contributed by atoms with Crippen LogP contribution in [0.5, 0.6) is 11.5 Å². The third-order valence-corrected chi connectivity index (χ3v) is 3.57. The Balaban J connectivity index is 2.17. The van der Waals surface area contributed by atoms with E-state index in [4.69, 9.17) is 9.47 Å². The number of rotatable bonds is 6. The number of methoxy groups -OCH3 is 2. The van der Waals surface area contributed by atoms with Crippen LogP contribution in [0, 0.1) is 10.1 Å². The number of ether oxygens (including phenoxy) is 2. The smallest absolute Gasteiger partial charge is 0.270 e. The molecule has 24 heavy (non-hydrogen) atoms. The highest BCUT2D eigenvalue weighted by atomic mass is 16.6. The van der Waals surface area contributed by atoms with Crippen LogP contribution in [0.25, 0.3) is 0 Å². The molecule has 0 saturated carbocycles. The summed E-state index contributed by atoms with van der Waals surface area (Å²) in [7, 11) is 3.08. The van der Waals surface area contributed by atoms with Crippen molar-refractivity contribution in [3.63, 3.8) is 0 Å². The van der Waals surface area contributed by atoms with Gasteiger partial charge in [0.1, 0.15) is 0 Å². The molecule has 0 aliphatic carbocycles. The summed E-state index contributed by atoms with van der Waals surface area (Å²) in [5.74, 6) is 0.769. The number of nitro groups is 1. The maximum Gasteiger partial charge on any atom is 0.270 e. The maximum absolute atomic E-state index is 12.3. The Kier molecular flexibility index (Phi) is 5.36. The molecular weight excluding hydrogens is 312 g/mol. The van der Waals surface area contributed by atoms with E-state index in [9.17, 15) is 14.9 Å². The van der Waals surface area contributed by atoms with Crippen molar-refractivity contribution < 1.29 is 19.2 Å². The van der Waals surface area contributed by atoms with Gasteiger partial charge in [-0.15, -0.1) is 0 Å². The zero-order chi connectivity index (χ0) is 17.7. The van der Waals surface area contributed by atoms with Crippen molar-refractivity contribution in [2.75, 3.05) is 14.2 Å². The van der Waals surface area contributed by atoms with Gasteiger partial charge in [0.2, 0.25) is 0 Å². The van der Waals surface area contributed by atoms with Crippen molar-refractivity contribution in [3.8, 4) is 11.5 Å². The average molecular weight is 330 g/mol. The van der Waals surface area contributed by atoms with Crippen molar-refractivity contribution in [2.24, 2.45) is 0 Å². The molecule has 1 amide bonds. The monoisotopic (exact) mass is 330 g/mol. The molecule has 0 radical (unpaired) electrons. The molecule has 0 saturated heterocycles. The standard InChI is InChI=1S/C17H18N2O5/c1-11(12-7-8-15(23-2)16(10-12)24-3)18-17(20)13-5-4-6-14(9-13)19(21)22/h4-11H,1-3H3,(H,18,20)/t11-/m1/s1. The number of carbonyl (C=O) groups is 1. The molecule has 1 N–H and O–H groups in total. The Bertz CT molecular complexity index is 760. The van der Waals surface area contributed by atoms with Crippen molar-refractivity contribution >= 4 is 11.6 Å². The van der Waals surface area contributed by atoms with Crippen molar-refractivity contribution in [1.29, 1.82) is 0 Å². The molecule has 2 aromatic carbocycles. The van der Waals surface area contributed by atoms with E-state index in [-0.39, 0.29) is 23.2 Å². The minimum Gasteiger partial charge on any atom is -0.493 e. The molecule has 0 fully saturated rings. The van der Waals surface area contributed by atoms with Gasteiger partial charge in [0.15, 0.2) is 11.5 Å². The number of hydrogen-bond acceptors (Lipinski definition) is 5. The summed E-state index contributed by atoms with van der Waals surface area (Å²) >= 11 is 0. The van der Waals surface area contributed by atoms with Gasteiger partial charge in [-0.2, -0.15) is 0 Å². The molecule has 0 bridgehead atoms.